The molecule has 0 amide bonds. The lowest BCUT2D eigenvalue weighted by molar-refractivity contribution is 0.163. The van der Waals surface area contributed by atoms with Crippen LogP contribution < -0.4 is 11.3 Å². The first kappa shape index (κ1) is 17.8. The Morgan fingerprint density at radius 2 is 2.10 bits per heavy atom. The maximum atomic E-state index is 12.9. The Morgan fingerprint density at radius 1 is 1.43 bits per heavy atom. The van der Waals surface area contributed by atoms with Crippen molar-refractivity contribution in [2.45, 2.75) is 37.8 Å². The van der Waals surface area contributed by atoms with E-state index in [-0.39, 0.29) is 23.3 Å². The standard InChI is InChI=1S/C13H24N4O3S/c1-4-11(5-2)17(9-10-20-3)21(18,19)13-12(16-14)7-6-8-15-13/h6-8,11,16H,4-5,9-10,14H2,1-3H3. The topological polar surface area (TPSA) is 97.5 Å². The van der Waals surface area contributed by atoms with Gasteiger partial charge in [0.2, 0.25) is 0 Å². The van der Waals surface area contributed by atoms with Gasteiger partial charge in [-0.15, -0.1) is 0 Å². The fourth-order valence-corrected chi connectivity index (χ4v) is 4.02. The number of ether oxygens (including phenoxy) is 1. The van der Waals surface area contributed by atoms with Crippen molar-refractivity contribution in [3.05, 3.63) is 18.3 Å². The molecule has 1 rings (SSSR count). The molecule has 8 heteroatoms. The van der Waals surface area contributed by atoms with E-state index in [1.165, 1.54) is 10.5 Å². The number of pyridine rings is 1. The summed E-state index contributed by atoms with van der Waals surface area (Å²) in [5.41, 5.74) is 2.67. The van der Waals surface area contributed by atoms with Crippen molar-refractivity contribution in [1.82, 2.24) is 9.29 Å². The molecule has 0 atom stereocenters. The predicted octanol–water partition coefficient (Wildman–Crippen LogP) is 1.19. The van der Waals surface area contributed by atoms with Crippen LogP contribution in [0.4, 0.5) is 5.69 Å². The van der Waals surface area contributed by atoms with Gasteiger partial charge in [0, 0.05) is 25.9 Å². The largest absolute Gasteiger partial charge is 0.383 e. The summed E-state index contributed by atoms with van der Waals surface area (Å²) >= 11 is 0. The highest BCUT2D eigenvalue weighted by Crippen LogP contribution is 2.24. The normalized spacial score (nSPS) is 12.1. The Morgan fingerprint density at radius 3 is 2.62 bits per heavy atom. The quantitative estimate of drug-likeness (QED) is 0.525. The molecule has 3 N–H and O–H groups in total. The van der Waals surface area contributed by atoms with Gasteiger partial charge >= 0.3 is 0 Å². The first-order chi connectivity index (χ1) is 10.0. The van der Waals surface area contributed by atoms with Gasteiger partial charge in [0.15, 0.2) is 5.03 Å². The Balaban J connectivity index is 3.25. The zero-order valence-corrected chi connectivity index (χ0v) is 13.6. The molecule has 1 heterocycles. The highest BCUT2D eigenvalue weighted by Gasteiger charge is 2.32. The summed E-state index contributed by atoms with van der Waals surface area (Å²) in [6, 6.07) is 3.12. The van der Waals surface area contributed by atoms with Crippen LogP contribution in [0.3, 0.4) is 0 Å². The van der Waals surface area contributed by atoms with Crippen LogP contribution in [-0.4, -0.2) is 44.0 Å². The molecule has 0 fully saturated rings. The van der Waals surface area contributed by atoms with E-state index in [4.69, 9.17) is 10.6 Å². The third-order valence-corrected chi connectivity index (χ3v) is 5.26. The summed E-state index contributed by atoms with van der Waals surface area (Å²) in [4.78, 5) is 3.99. The summed E-state index contributed by atoms with van der Waals surface area (Å²) in [5.74, 6) is 5.39. The Kier molecular flexibility index (Phi) is 7.03. The molecule has 0 saturated heterocycles. The van der Waals surface area contributed by atoms with Gasteiger partial charge in [-0.3, -0.25) is 5.84 Å². The third kappa shape index (κ3) is 4.13. The van der Waals surface area contributed by atoms with Crippen LogP contribution in [0.15, 0.2) is 23.4 Å². The number of aromatic nitrogens is 1. The number of sulfonamides is 1. The Hall–Kier alpha value is -1.22. The maximum Gasteiger partial charge on any atom is 0.263 e. The fraction of sp³-hybridized carbons (Fsp3) is 0.615. The monoisotopic (exact) mass is 316 g/mol. The van der Waals surface area contributed by atoms with Gasteiger partial charge in [-0.05, 0) is 25.0 Å². The number of anilines is 1. The molecule has 0 spiro atoms. The van der Waals surface area contributed by atoms with Gasteiger partial charge in [-0.1, -0.05) is 13.8 Å². The predicted molar refractivity (Wildman–Crippen MR) is 82.2 cm³/mol. The van der Waals surface area contributed by atoms with Crippen LogP contribution in [0.2, 0.25) is 0 Å². The van der Waals surface area contributed by atoms with Crippen molar-refractivity contribution in [3.63, 3.8) is 0 Å². The van der Waals surface area contributed by atoms with Crippen molar-refractivity contribution in [2.75, 3.05) is 25.7 Å². The molecule has 0 radical (unpaired) electrons. The number of hydrogen-bond acceptors (Lipinski definition) is 6. The van der Waals surface area contributed by atoms with E-state index >= 15 is 0 Å². The second-order valence-corrected chi connectivity index (χ2v) is 6.39. The highest BCUT2D eigenvalue weighted by molar-refractivity contribution is 7.89. The Bertz CT molecular complexity index is 532. The fourth-order valence-electron chi connectivity index (χ4n) is 2.19. The van der Waals surface area contributed by atoms with Crippen molar-refractivity contribution in [2.24, 2.45) is 5.84 Å². The molecule has 1 aromatic rings. The van der Waals surface area contributed by atoms with Crippen molar-refractivity contribution in [3.8, 4) is 0 Å². The molecular weight excluding hydrogens is 292 g/mol. The average molecular weight is 316 g/mol. The average Bonchev–Trinajstić information content (AvgIpc) is 2.51. The van der Waals surface area contributed by atoms with Crippen molar-refractivity contribution >= 4 is 15.7 Å². The molecule has 0 aliphatic carbocycles. The number of nitrogens with one attached hydrogen (secondary N) is 1. The van der Waals surface area contributed by atoms with Gasteiger partial charge in [0.1, 0.15) is 0 Å². The second kappa shape index (κ2) is 8.28. The number of nitrogens with zero attached hydrogens (tertiary/aromatic N) is 2. The lowest BCUT2D eigenvalue weighted by Crippen LogP contribution is -2.42. The van der Waals surface area contributed by atoms with E-state index in [2.05, 4.69) is 10.4 Å². The maximum absolute atomic E-state index is 12.9. The molecule has 120 valence electrons. The van der Waals surface area contributed by atoms with Gasteiger partial charge < -0.3 is 10.2 Å². The summed E-state index contributed by atoms with van der Waals surface area (Å²) in [7, 11) is -2.19. The lowest BCUT2D eigenvalue weighted by atomic mass is 10.2. The van der Waals surface area contributed by atoms with E-state index in [1.54, 1.807) is 19.2 Å². The van der Waals surface area contributed by atoms with Gasteiger partial charge in [0.05, 0.1) is 12.3 Å². The van der Waals surface area contributed by atoms with Crippen molar-refractivity contribution < 1.29 is 13.2 Å². The molecule has 1 aromatic heterocycles. The van der Waals surface area contributed by atoms with E-state index in [9.17, 15) is 8.42 Å². The molecule has 21 heavy (non-hydrogen) atoms. The molecule has 0 aliphatic heterocycles. The molecular formula is C13H24N4O3S. The van der Waals surface area contributed by atoms with Crippen LogP contribution >= 0.6 is 0 Å². The number of rotatable bonds is 9. The number of hydrogen-bond donors (Lipinski definition) is 2. The lowest BCUT2D eigenvalue weighted by Gasteiger charge is -2.29. The zero-order chi connectivity index (χ0) is 15.9. The van der Waals surface area contributed by atoms with E-state index in [0.29, 0.717) is 6.61 Å². The minimum atomic E-state index is -3.74. The molecule has 7 nitrogen and oxygen atoms in total. The summed E-state index contributed by atoms with van der Waals surface area (Å²) < 4.78 is 32.3. The van der Waals surface area contributed by atoms with Crippen LogP contribution in [0, 0.1) is 0 Å². The first-order valence-electron chi connectivity index (χ1n) is 6.95. The molecule has 0 saturated carbocycles. The van der Waals surface area contributed by atoms with Crippen molar-refractivity contribution in [1.29, 1.82) is 0 Å². The van der Waals surface area contributed by atoms with Gasteiger partial charge in [0.25, 0.3) is 10.0 Å². The smallest absolute Gasteiger partial charge is 0.263 e. The van der Waals surface area contributed by atoms with Crippen LogP contribution in [-0.2, 0) is 14.8 Å². The number of nitrogen functional groups attached to an aromatic ring is 1. The third-order valence-electron chi connectivity index (χ3n) is 3.35. The summed E-state index contributed by atoms with van der Waals surface area (Å²) in [6.45, 7) is 4.54. The minimum Gasteiger partial charge on any atom is -0.383 e. The highest BCUT2D eigenvalue weighted by atomic mass is 32.2. The molecule has 0 bridgehead atoms. The first-order valence-corrected chi connectivity index (χ1v) is 8.39. The van der Waals surface area contributed by atoms with E-state index in [0.717, 1.165) is 12.8 Å². The zero-order valence-electron chi connectivity index (χ0n) is 12.7. The van der Waals surface area contributed by atoms with Crippen LogP contribution in [0.5, 0.6) is 0 Å². The summed E-state index contributed by atoms with van der Waals surface area (Å²) in [5, 5.41) is -0.0597. The SMILES string of the molecule is CCC(CC)N(CCOC)S(=O)(=O)c1ncccc1NN. The van der Waals surface area contributed by atoms with Crippen LogP contribution in [0.25, 0.3) is 0 Å². The summed E-state index contributed by atoms with van der Waals surface area (Å²) in [6.07, 6.45) is 2.88. The number of methoxy groups -OCH3 is 1. The second-order valence-electron chi connectivity index (χ2n) is 4.58. The number of nitrogens with two attached hydrogens (primary N) is 1. The van der Waals surface area contributed by atoms with Gasteiger partial charge in [-0.2, -0.15) is 4.31 Å². The molecule has 0 aliphatic rings. The number of hydrazine groups is 1. The van der Waals surface area contributed by atoms with E-state index < -0.39 is 10.0 Å². The Labute approximate surface area is 126 Å². The van der Waals surface area contributed by atoms with E-state index in [1.807, 2.05) is 13.8 Å². The molecule has 0 unspecified atom stereocenters. The molecule has 0 aromatic carbocycles. The van der Waals surface area contributed by atoms with Gasteiger partial charge in [-0.25, -0.2) is 13.4 Å². The minimum absolute atomic E-state index is 0.0597. The van der Waals surface area contributed by atoms with Crippen LogP contribution in [0.1, 0.15) is 26.7 Å².